The zero-order chi connectivity index (χ0) is 22.3. The summed E-state index contributed by atoms with van der Waals surface area (Å²) in [4.78, 5) is 28.6. The molecule has 9 heteroatoms. The minimum atomic E-state index is -3.51. The maximum Gasteiger partial charge on any atom is 0.339 e. The van der Waals surface area contributed by atoms with Gasteiger partial charge < -0.3 is 10.1 Å². The Bertz CT molecular complexity index is 1000. The summed E-state index contributed by atoms with van der Waals surface area (Å²) in [6, 6.07) is 9.38. The molecule has 0 saturated carbocycles. The van der Waals surface area contributed by atoms with Gasteiger partial charge in [-0.1, -0.05) is 26.0 Å². The number of esters is 1. The predicted octanol–water partition coefficient (Wildman–Crippen LogP) is 2.53. The van der Waals surface area contributed by atoms with Gasteiger partial charge in [-0.25, -0.2) is 18.2 Å². The van der Waals surface area contributed by atoms with Crippen molar-refractivity contribution < 1.29 is 22.7 Å². The zero-order valence-electron chi connectivity index (χ0n) is 17.6. The largest absolute Gasteiger partial charge is 0.462 e. The molecule has 0 aliphatic carbocycles. The second-order valence-corrected chi connectivity index (χ2v) is 8.40. The Hall–Kier alpha value is -2.78. The van der Waals surface area contributed by atoms with E-state index in [2.05, 4.69) is 10.3 Å². The fourth-order valence-corrected chi connectivity index (χ4v) is 4.33. The average Bonchev–Trinajstić information content (AvgIpc) is 2.73. The molecule has 8 nitrogen and oxygen atoms in total. The van der Waals surface area contributed by atoms with E-state index < -0.39 is 21.9 Å². The number of nitrogens with one attached hydrogen (secondary N) is 1. The van der Waals surface area contributed by atoms with Crippen LogP contribution in [-0.4, -0.2) is 49.3 Å². The molecule has 1 aromatic heterocycles. The van der Waals surface area contributed by atoms with Gasteiger partial charge in [0.25, 0.3) is 5.91 Å². The lowest BCUT2D eigenvalue weighted by Crippen LogP contribution is -2.30. The summed E-state index contributed by atoms with van der Waals surface area (Å²) in [5.41, 5.74) is 1.66. The Kier molecular flexibility index (Phi) is 8.08. The maximum absolute atomic E-state index is 12.5. The minimum absolute atomic E-state index is 0.182. The van der Waals surface area contributed by atoms with E-state index >= 15 is 0 Å². The third kappa shape index (κ3) is 5.43. The van der Waals surface area contributed by atoms with Gasteiger partial charge in [-0.2, -0.15) is 4.31 Å². The molecule has 0 aliphatic heterocycles. The molecule has 1 aromatic carbocycles. The van der Waals surface area contributed by atoms with E-state index in [0.717, 1.165) is 5.56 Å². The molecule has 0 unspecified atom stereocenters. The number of amides is 1. The third-order valence-corrected chi connectivity index (χ3v) is 6.60. The molecular formula is C21H27N3O5S. The molecular weight excluding hydrogens is 406 g/mol. The zero-order valence-corrected chi connectivity index (χ0v) is 18.5. The van der Waals surface area contributed by atoms with E-state index in [-0.39, 0.29) is 23.7 Å². The molecule has 2 aromatic rings. The number of pyridine rings is 1. The van der Waals surface area contributed by atoms with Gasteiger partial charge >= 0.3 is 5.97 Å². The van der Waals surface area contributed by atoms with Crippen LogP contribution in [0.15, 0.2) is 41.3 Å². The lowest BCUT2D eigenvalue weighted by molar-refractivity contribution is 0.0524. The molecule has 0 atom stereocenters. The van der Waals surface area contributed by atoms with Crippen molar-refractivity contribution >= 4 is 21.9 Å². The van der Waals surface area contributed by atoms with Gasteiger partial charge in [0.1, 0.15) is 5.69 Å². The summed E-state index contributed by atoms with van der Waals surface area (Å²) in [5.74, 6) is -0.873. The van der Waals surface area contributed by atoms with Crippen molar-refractivity contribution in [2.75, 3.05) is 19.7 Å². The second kappa shape index (κ2) is 10.3. The Morgan fingerprint density at radius 3 is 2.20 bits per heavy atom. The van der Waals surface area contributed by atoms with Crippen LogP contribution in [0.4, 0.5) is 0 Å². The predicted molar refractivity (Wildman–Crippen MR) is 113 cm³/mol. The molecule has 0 fully saturated rings. The molecule has 0 aliphatic rings. The summed E-state index contributed by atoms with van der Waals surface area (Å²) < 4.78 is 31.4. The molecule has 162 valence electrons. The summed E-state index contributed by atoms with van der Waals surface area (Å²) >= 11 is 0. The van der Waals surface area contributed by atoms with Crippen LogP contribution in [0, 0.1) is 6.92 Å². The van der Waals surface area contributed by atoms with Crippen LogP contribution < -0.4 is 5.32 Å². The van der Waals surface area contributed by atoms with Crippen LogP contribution in [0.3, 0.4) is 0 Å². The average molecular weight is 434 g/mol. The van der Waals surface area contributed by atoms with E-state index in [9.17, 15) is 18.0 Å². The quantitative estimate of drug-likeness (QED) is 0.609. The van der Waals surface area contributed by atoms with E-state index in [0.29, 0.717) is 24.3 Å². The fraction of sp³-hybridized carbons (Fsp3) is 0.381. The third-order valence-electron chi connectivity index (χ3n) is 4.53. The lowest BCUT2D eigenvalue weighted by Gasteiger charge is -2.18. The highest BCUT2D eigenvalue weighted by atomic mass is 32.2. The van der Waals surface area contributed by atoms with Crippen molar-refractivity contribution in [3.8, 4) is 0 Å². The number of sulfonamides is 1. The van der Waals surface area contributed by atoms with Crippen molar-refractivity contribution in [1.29, 1.82) is 0 Å². The number of ether oxygens (including phenoxy) is 1. The van der Waals surface area contributed by atoms with Crippen molar-refractivity contribution in [2.45, 2.75) is 39.1 Å². The summed E-state index contributed by atoms with van der Waals surface area (Å²) in [7, 11) is -3.51. The van der Waals surface area contributed by atoms with E-state index in [1.807, 2.05) is 0 Å². The van der Waals surface area contributed by atoms with Crippen LogP contribution in [0.2, 0.25) is 0 Å². The molecule has 1 amide bonds. The summed E-state index contributed by atoms with van der Waals surface area (Å²) in [5, 5.41) is 2.74. The van der Waals surface area contributed by atoms with Gasteiger partial charge in [-0.15, -0.1) is 0 Å². The van der Waals surface area contributed by atoms with E-state index in [1.165, 1.54) is 28.6 Å². The monoisotopic (exact) mass is 433 g/mol. The molecule has 30 heavy (non-hydrogen) atoms. The van der Waals surface area contributed by atoms with Crippen LogP contribution in [0.25, 0.3) is 0 Å². The fourth-order valence-electron chi connectivity index (χ4n) is 2.88. The molecule has 0 bridgehead atoms. The number of rotatable bonds is 9. The second-order valence-electron chi connectivity index (χ2n) is 6.47. The highest BCUT2D eigenvalue weighted by molar-refractivity contribution is 7.89. The van der Waals surface area contributed by atoms with Crippen molar-refractivity contribution in [1.82, 2.24) is 14.6 Å². The molecule has 0 saturated heterocycles. The van der Waals surface area contributed by atoms with Crippen LogP contribution in [0.5, 0.6) is 0 Å². The topological polar surface area (TPSA) is 106 Å². The Balaban J connectivity index is 2.05. The first-order chi connectivity index (χ1) is 14.2. The number of carbonyl (C=O) groups excluding carboxylic acids is 2. The van der Waals surface area contributed by atoms with Crippen LogP contribution in [0.1, 0.15) is 52.9 Å². The van der Waals surface area contributed by atoms with Gasteiger partial charge in [0.05, 0.1) is 22.8 Å². The van der Waals surface area contributed by atoms with Gasteiger partial charge in [0.2, 0.25) is 10.0 Å². The summed E-state index contributed by atoms with van der Waals surface area (Å²) in [6.45, 7) is 8.21. The highest BCUT2D eigenvalue weighted by Gasteiger charge is 2.21. The molecule has 0 radical (unpaired) electrons. The van der Waals surface area contributed by atoms with Crippen LogP contribution in [-0.2, 0) is 21.3 Å². The first-order valence-corrected chi connectivity index (χ1v) is 11.2. The summed E-state index contributed by atoms with van der Waals surface area (Å²) in [6.07, 6.45) is 0. The van der Waals surface area contributed by atoms with Crippen molar-refractivity contribution in [3.63, 3.8) is 0 Å². The normalized spacial score (nSPS) is 11.4. The Labute approximate surface area is 177 Å². The lowest BCUT2D eigenvalue weighted by atomic mass is 10.1. The van der Waals surface area contributed by atoms with Crippen molar-refractivity contribution in [3.05, 3.63) is 58.9 Å². The number of nitrogens with zero attached hydrogens (tertiary/aromatic N) is 2. The standard InChI is InChI=1S/C21H27N3O5S/c1-5-24(6-2)30(27,28)17-10-8-16(9-11-17)14-22-20(25)19-13-12-18(15(4)23-19)21(26)29-7-3/h8-13H,5-7,14H2,1-4H3,(H,22,25). The smallest absolute Gasteiger partial charge is 0.339 e. The molecule has 1 heterocycles. The number of aryl methyl sites for hydroxylation is 1. The van der Waals surface area contributed by atoms with E-state index in [4.69, 9.17) is 4.74 Å². The van der Waals surface area contributed by atoms with Gasteiger partial charge in [-0.3, -0.25) is 4.79 Å². The van der Waals surface area contributed by atoms with Crippen LogP contribution >= 0.6 is 0 Å². The van der Waals surface area contributed by atoms with E-state index in [1.54, 1.807) is 39.8 Å². The van der Waals surface area contributed by atoms with Crippen molar-refractivity contribution in [2.24, 2.45) is 0 Å². The SMILES string of the molecule is CCOC(=O)c1ccc(C(=O)NCc2ccc(S(=O)(=O)N(CC)CC)cc2)nc1C. The molecule has 0 spiro atoms. The molecule has 1 N–H and O–H groups in total. The van der Waals surface area contributed by atoms with Gasteiger partial charge in [0, 0.05) is 19.6 Å². The first-order valence-electron chi connectivity index (χ1n) is 9.76. The number of hydrogen-bond acceptors (Lipinski definition) is 6. The highest BCUT2D eigenvalue weighted by Crippen LogP contribution is 2.16. The number of carbonyl (C=O) groups is 2. The Morgan fingerprint density at radius 2 is 1.67 bits per heavy atom. The molecule has 2 rings (SSSR count). The number of benzene rings is 1. The number of aromatic nitrogens is 1. The maximum atomic E-state index is 12.5. The van der Waals surface area contributed by atoms with Gasteiger partial charge in [0.15, 0.2) is 0 Å². The minimum Gasteiger partial charge on any atom is -0.462 e. The first kappa shape index (κ1) is 23.5. The number of hydrogen-bond donors (Lipinski definition) is 1. The van der Waals surface area contributed by atoms with Gasteiger partial charge in [-0.05, 0) is 43.7 Å². The Morgan fingerprint density at radius 1 is 1.03 bits per heavy atom.